The maximum Gasteiger partial charge on any atom is 0.0598 e. The fourth-order valence-electron chi connectivity index (χ4n) is 3.03. The summed E-state index contributed by atoms with van der Waals surface area (Å²) in [5, 5.41) is 1.03. The molecule has 0 bridgehead atoms. The largest absolute Gasteiger partial charge is 0.376 e. The van der Waals surface area contributed by atoms with Gasteiger partial charge in [-0.3, -0.25) is 0 Å². The Bertz CT molecular complexity index is 422. The third-order valence-electron chi connectivity index (χ3n) is 4.06. The maximum atomic E-state index is 5.95. The number of alkyl halides is 1. The molecule has 0 saturated heterocycles. The molecule has 1 aromatic carbocycles. The molecule has 0 N–H and O–H groups in total. The maximum absolute atomic E-state index is 5.95. The van der Waals surface area contributed by atoms with Gasteiger partial charge >= 0.3 is 0 Å². The van der Waals surface area contributed by atoms with E-state index in [2.05, 4.69) is 61.0 Å². The van der Waals surface area contributed by atoms with E-state index in [1.807, 2.05) is 0 Å². The molecule has 106 valence electrons. The van der Waals surface area contributed by atoms with Crippen LogP contribution in [0.25, 0.3) is 0 Å². The molecule has 1 aromatic rings. The van der Waals surface area contributed by atoms with Crippen LogP contribution in [0.5, 0.6) is 0 Å². The van der Waals surface area contributed by atoms with Crippen molar-refractivity contribution in [1.82, 2.24) is 0 Å². The quantitative estimate of drug-likeness (QED) is 0.718. The molecule has 1 unspecified atom stereocenters. The van der Waals surface area contributed by atoms with Crippen molar-refractivity contribution in [3.63, 3.8) is 0 Å². The lowest BCUT2D eigenvalue weighted by atomic mass is 9.69. The molecule has 0 amide bonds. The summed E-state index contributed by atoms with van der Waals surface area (Å²) in [4.78, 5) is 0. The number of aryl methyl sites for hydroxylation is 1. The van der Waals surface area contributed by atoms with E-state index >= 15 is 0 Å². The highest BCUT2D eigenvalue weighted by Crippen LogP contribution is 2.41. The zero-order valence-corrected chi connectivity index (χ0v) is 13.9. The van der Waals surface area contributed by atoms with Crippen molar-refractivity contribution in [2.45, 2.75) is 57.5 Å². The van der Waals surface area contributed by atoms with Crippen molar-refractivity contribution in [3.05, 3.63) is 35.4 Å². The molecular weight excluding hydrogens is 300 g/mol. The third kappa shape index (κ3) is 3.61. The van der Waals surface area contributed by atoms with Crippen LogP contribution in [0.3, 0.4) is 0 Å². The fraction of sp³-hybridized carbons (Fsp3) is 0.647. The van der Waals surface area contributed by atoms with E-state index in [-0.39, 0.29) is 11.0 Å². The van der Waals surface area contributed by atoms with Crippen molar-refractivity contribution in [2.24, 2.45) is 0 Å². The molecule has 19 heavy (non-hydrogen) atoms. The monoisotopic (exact) mass is 324 g/mol. The van der Waals surface area contributed by atoms with Gasteiger partial charge in [0.1, 0.15) is 0 Å². The summed E-state index contributed by atoms with van der Waals surface area (Å²) in [5.41, 5.74) is 3.29. The second kappa shape index (κ2) is 5.97. The minimum absolute atomic E-state index is 0.0400. The molecule has 2 rings (SSSR count). The first-order chi connectivity index (χ1) is 8.97. The number of halogens is 1. The Balaban J connectivity index is 2.15. The lowest BCUT2D eigenvalue weighted by Crippen LogP contribution is -2.35. The van der Waals surface area contributed by atoms with Crippen molar-refractivity contribution < 1.29 is 4.74 Å². The summed E-state index contributed by atoms with van der Waals surface area (Å²) >= 11 is 3.76. The lowest BCUT2D eigenvalue weighted by Gasteiger charge is -2.38. The van der Waals surface area contributed by atoms with Crippen molar-refractivity contribution in [1.29, 1.82) is 0 Å². The molecule has 0 aromatic heterocycles. The van der Waals surface area contributed by atoms with Gasteiger partial charge in [0.2, 0.25) is 0 Å². The van der Waals surface area contributed by atoms with E-state index in [0.717, 1.165) is 18.4 Å². The van der Waals surface area contributed by atoms with E-state index in [1.54, 1.807) is 0 Å². The van der Waals surface area contributed by atoms with Crippen LogP contribution in [-0.4, -0.2) is 17.5 Å². The molecule has 0 heterocycles. The minimum atomic E-state index is -0.0400. The summed E-state index contributed by atoms with van der Waals surface area (Å²) in [6.45, 7) is 7.22. The highest BCUT2D eigenvalue weighted by molar-refractivity contribution is 9.09. The average Bonchev–Trinajstić information content (AvgIpc) is 2.37. The second-order valence-electron chi connectivity index (χ2n) is 6.64. The standard InChI is InChI=1S/C17H25BrO/c1-16(2,3)19-12-11-17(13-18)10-6-8-14-7-4-5-9-15(14)17/h4-5,7,9H,6,8,10-13H2,1-3H3. The van der Waals surface area contributed by atoms with Crippen LogP contribution in [0.1, 0.15) is 51.2 Å². The van der Waals surface area contributed by atoms with Crippen LogP contribution in [0.4, 0.5) is 0 Å². The highest BCUT2D eigenvalue weighted by atomic mass is 79.9. The molecule has 0 spiro atoms. The second-order valence-corrected chi connectivity index (χ2v) is 7.20. The predicted octanol–water partition coefficient (Wildman–Crippen LogP) is 4.86. The van der Waals surface area contributed by atoms with Crippen molar-refractivity contribution >= 4 is 15.9 Å². The summed E-state index contributed by atoms with van der Waals surface area (Å²) < 4.78 is 5.95. The Labute approximate surface area is 125 Å². The SMILES string of the molecule is CC(C)(C)OCCC1(CBr)CCCc2ccccc21. The molecule has 1 aliphatic carbocycles. The molecule has 2 heteroatoms. The van der Waals surface area contributed by atoms with Gasteiger partial charge in [-0.1, -0.05) is 40.2 Å². The number of ether oxygens (including phenoxy) is 1. The van der Waals surface area contributed by atoms with Crippen molar-refractivity contribution in [2.75, 3.05) is 11.9 Å². The zero-order chi connectivity index (χ0) is 13.9. The summed E-state index contributed by atoms with van der Waals surface area (Å²) in [5.74, 6) is 0. The van der Waals surface area contributed by atoms with Gasteiger partial charge in [0.15, 0.2) is 0 Å². The lowest BCUT2D eigenvalue weighted by molar-refractivity contribution is -0.0115. The summed E-state index contributed by atoms with van der Waals surface area (Å²) in [7, 11) is 0. The fourth-order valence-corrected chi connectivity index (χ4v) is 3.89. The van der Waals surface area contributed by atoms with Crippen LogP contribution in [0, 0.1) is 0 Å². The Hall–Kier alpha value is -0.340. The number of rotatable bonds is 4. The van der Waals surface area contributed by atoms with Gasteiger partial charge in [-0.25, -0.2) is 0 Å². The minimum Gasteiger partial charge on any atom is -0.376 e. The number of benzene rings is 1. The van der Waals surface area contributed by atoms with Gasteiger partial charge in [-0.2, -0.15) is 0 Å². The van der Waals surface area contributed by atoms with Gasteiger partial charge in [-0.05, 0) is 57.6 Å². The van der Waals surface area contributed by atoms with Gasteiger partial charge in [0, 0.05) is 17.4 Å². The Morgan fingerprint density at radius 2 is 2.00 bits per heavy atom. The van der Waals surface area contributed by atoms with E-state index in [1.165, 1.54) is 30.4 Å². The summed E-state index contributed by atoms with van der Waals surface area (Å²) in [6.07, 6.45) is 4.89. The van der Waals surface area contributed by atoms with Crippen LogP contribution < -0.4 is 0 Å². The average molecular weight is 325 g/mol. The zero-order valence-electron chi connectivity index (χ0n) is 12.3. The van der Waals surface area contributed by atoms with Gasteiger partial charge in [-0.15, -0.1) is 0 Å². The molecular formula is C17H25BrO. The third-order valence-corrected chi connectivity index (χ3v) is 5.14. The van der Waals surface area contributed by atoms with E-state index in [4.69, 9.17) is 4.74 Å². The first-order valence-corrected chi connectivity index (χ1v) is 8.37. The number of hydrogen-bond donors (Lipinski definition) is 0. The molecule has 0 saturated carbocycles. The van der Waals surface area contributed by atoms with E-state index in [9.17, 15) is 0 Å². The van der Waals surface area contributed by atoms with E-state index in [0.29, 0.717) is 0 Å². The number of hydrogen-bond acceptors (Lipinski definition) is 1. The van der Waals surface area contributed by atoms with Crippen LogP contribution in [0.15, 0.2) is 24.3 Å². The molecule has 1 atom stereocenters. The predicted molar refractivity (Wildman–Crippen MR) is 85.2 cm³/mol. The van der Waals surface area contributed by atoms with Gasteiger partial charge in [0.05, 0.1) is 5.60 Å². The Morgan fingerprint density at radius 1 is 1.26 bits per heavy atom. The normalized spacial score (nSPS) is 23.2. The number of fused-ring (bicyclic) bond motifs is 1. The molecule has 0 aliphatic heterocycles. The Kier molecular flexibility index (Phi) is 4.73. The summed E-state index contributed by atoms with van der Waals surface area (Å²) in [6, 6.07) is 8.93. The van der Waals surface area contributed by atoms with Gasteiger partial charge in [0.25, 0.3) is 0 Å². The smallest absolute Gasteiger partial charge is 0.0598 e. The Morgan fingerprint density at radius 3 is 2.68 bits per heavy atom. The first-order valence-electron chi connectivity index (χ1n) is 7.25. The van der Waals surface area contributed by atoms with E-state index < -0.39 is 0 Å². The topological polar surface area (TPSA) is 9.23 Å². The van der Waals surface area contributed by atoms with Crippen molar-refractivity contribution in [3.8, 4) is 0 Å². The van der Waals surface area contributed by atoms with Crippen LogP contribution >= 0.6 is 15.9 Å². The first kappa shape index (κ1) is 15.1. The molecule has 0 fully saturated rings. The highest BCUT2D eigenvalue weighted by Gasteiger charge is 2.35. The van der Waals surface area contributed by atoms with Crippen LogP contribution in [0.2, 0.25) is 0 Å². The van der Waals surface area contributed by atoms with Crippen LogP contribution in [-0.2, 0) is 16.6 Å². The molecule has 1 nitrogen and oxygen atoms in total. The molecule has 1 aliphatic rings. The molecule has 0 radical (unpaired) electrons. The van der Waals surface area contributed by atoms with Gasteiger partial charge < -0.3 is 4.74 Å².